The molecule has 104 valence electrons. The summed E-state index contributed by atoms with van der Waals surface area (Å²) in [6.07, 6.45) is 7.78. The number of piperidine rings is 1. The fourth-order valence-electron chi connectivity index (χ4n) is 3.86. The predicted molar refractivity (Wildman–Crippen MR) is 75.3 cm³/mol. The van der Waals surface area contributed by atoms with Crippen LogP contribution in [0.4, 0.5) is 0 Å². The first-order valence-electron chi connectivity index (χ1n) is 7.44. The molecule has 2 fully saturated rings. The number of carbonyl (C=O) groups is 1. The van der Waals surface area contributed by atoms with Crippen LogP contribution in [0.3, 0.4) is 0 Å². The third-order valence-electron chi connectivity index (χ3n) is 4.80. The largest absolute Gasteiger partial charge is 0.334 e. The lowest BCUT2D eigenvalue weighted by atomic mass is 9.91. The topological polar surface area (TPSA) is 61.9 Å². The van der Waals surface area contributed by atoms with E-state index >= 15 is 0 Å². The summed E-state index contributed by atoms with van der Waals surface area (Å²) in [5.74, 6) is 0.803. The maximum absolute atomic E-state index is 12.8. The molecule has 2 atom stereocenters. The number of aromatic nitrogens is 3. The Labute approximate surface area is 117 Å². The first-order valence-corrected chi connectivity index (χ1v) is 7.44. The summed E-state index contributed by atoms with van der Waals surface area (Å²) in [6, 6.07) is 4.20. The van der Waals surface area contributed by atoms with Crippen molar-refractivity contribution in [2.24, 2.45) is 5.92 Å². The summed E-state index contributed by atoms with van der Waals surface area (Å²) in [5, 5.41) is 7.85. The van der Waals surface area contributed by atoms with Gasteiger partial charge in [0.1, 0.15) is 5.69 Å². The number of pyridine rings is 1. The van der Waals surface area contributed by atoms with Gasteiger partial charge in [-0.1, -0.05) is 6.42 Å². The van der Waals surface area contributed by atoms with Gasteiger partial charge in [0.25, 0.3) is 5.91 Å². The standard InChI is InChI=1S/C15H18N4O/c20-15(13-11-6-2-8-16-14(11)18-17-13)19-9-3-5-10-4-1-7-12(10)19/h2,6,8,10,12H,1,3-5,7,9H2,(H,16,17,18). The van der Waals surface area contributed by atoms with Gasteiger partial charge < -0.3 is 4.90 Å². The Morgan fingerprint density at radius 3 is 3.15 bits per heavy atom. The van der Waals surface area contributed by atoms with Crippen molar-refractivity contribution in [1.82, 2.24) is 20.1 Å². The van der Waals surface area contributed by atoms with Gasteiger partial charge in [0.2, 0.25) is 0 Å². The number of H-pyrrole nitrogens is 1. The second-order valence-corrected chi connectivity index (χ2v) is 5.87. The van der Waals surface area contributed by atoms with Gasteiger partial charge in [-0.2, -0.15) is 5.10 Å². The van der Waals surface area contributed by atoms with E-state index in [0.717, 1.165) is 24.8 Å². The first kappa shape index (κ1) is 11.9. The van der Waals surface area contributed by atoms with Gasteiger partial charge in [-0.15, -0.1) is 0 Å². The minimum Gasteiger partial charge on any atom is -0.334 e. The van der Waals surface area contributed by atoms with Crippen LogP contribution in [-0.2, 0) is 0 Å². The molecule has 3 heterocycles. The molecule has 4 rings (SSSR count). The number of nitrogens with one attached hydrogen (secondary N) is 1. The lowest BCUT2D eigenvalue weighted by Gasteiger charge is -2.37. The summed E-state index contributed by atoms with van der Waals surface area (Å²) >= 11 is 0. The van der Waals surface area contributed by atoms with Crippen LogP contribution in [0.25, 0.3) is 11.0 Å². The molecule has 1 saturated carbocycles. The molecule has 2 aromatic rings. The van der Waals surface area contributed by atoms with Crippen LogP contribution in [0.2, 0.25) is 0 Å². The van der Waals surface area contributed by atoms with Gasteiger partial charge in [0.15, 0.2) is 5.65 Å². The van der Waals surface area contributed by atoms with Crippen molar-refractivity contribution in [2.45, 2.75) is 38.1 Å². The van der Waals surface area contributed by atoms with Crippen LogP contribution >= 0.6 is 0 Å². The molecule has 5 nitrogen and oxygen atoms in total. The summed E-state index contributed by atoms with van der Waals surface area (Å²) in [7, 11) is 0. The zero-order valence-corrected chi connectivity index (χ0v) is 11.4. The third kappa shape index (κ3) is 1.72. The molecule has 1 aliphatic carbocycles. The molecular formula is C15H18N4O. The van der Waals surface area contributed by atoms with Crippen molar-refractivity contribution in [3.05, 3.63) is 24.0 Å². The minimum atomic E-state index is 0.0945. The minimum absolute atomic E-state index is 0.0945. The fraction of sp³-hybridized carbons (Fsp3) is 0.533. The van der Waals surface area contributed by atoms with E-state index in [4.69, 9.17) is 0 Å². The Hall–Kier alpha value is -1.91. The lowest BCUT2D eigenvalue weighted by Crippen LogP contribution is -2.46. The van der Waals surface area contributed by atoms with Crippen LogP contribution < -0.4 is 0 Å². The number of fused-ring (bicyclic) bond motifs is 2. The number of amides is 1. The number of nitrogens with zero attached hydrogens (tertiary/aromatic N) is 3. The van der Waals surface area contributed by atoms with Crippen molar-refractivity contribution >= 4 is 16.9 Å². The van der Waals surface area contributed by atoms with E-state index in [-0.39, 0.29) is 5.91 Å². The van der Waals surface area contributed by atoms with E-state index in [1.807, 2.05) is 12.1 Å². The molecule has 0 bridgehead atoms. The number of likely N-dealkylation sites (tertiary alicyclic amines) is 1. The lowest BCUT2D eigenvalue weighted by molar-refractivity contribution is 0.0544. The number of hydrogen-bond acceptors (Lipinski definition) is 3. The average molecular weight is 270 g/mol. The fourth-order valence-corrected chi connectivity index (χ4v) is 3.86. The van der Waals surface area contributed by atoms with Gasteiger partial charge in [-0.3, -0.25) is 9.89 Å². The molecule has 1 saturated heterocycles. The highest BCUT2D eigenvalue weighted by molar-refractivity contribution is 6.03. The van der Waals surface area contributed by atoms with Crippen molar-refractivity contribution in [3.63, 3.8) is 0 Å². The molecule has 0 aromatic carbocycles. The monoisotopic (exact) mass is 270 g/mol. The Morgan fingerprint density at radius 1 is 1.30 bits per heavy atom. The second kappa shape index (κ2) is 4.58. The summed E-state index contributed by atoms with van der Waals surface area (Å²) in [6.45, 7) is 0.876. The highest BCUT2D eigenvalue weighted by Gasteiger charge is 2.38. The molecule has 2 aliphatic rings. The van der Waals surface area contributed by atoms with Crippen LogP contribution in [-0.4, -0.2) is 38.6 Å². The first-order chi connectivity index (χ1) is 9.84. The van der Waals surface area contributed by atoms with Crippen molar-refractivity contribution in [3.8, 4) is 0 Å². The van der Waals surface area contributed by atoms with Crippen LogP contribution in [0.5, 0.6) is 0 Å². The zero-order chi connectivity index (χ0) is 13.5. The number of rotatable bonds is 1. The molecule has 2 unspecified atom stereocenters. The number of hydrogen-bond donors (Lipinski definition) is 1. The van der Waals surface area contributed by atoms with Crippen molar-refractivity contribution in [2.75, 3.05) is 6.54 Å². The Morgan fingerprint density at radius 2 is 2.20 bits per heavy atom. The molecule has 1 amide bonds. The van der Waals surface area contributed by atoms with E-state index in [9.17, 15) is 4.79 Å². The van der Waals surface area contributed by atoms with E-state index in [1.165, 1.54) is 19.3 Å². The summed E-state index contributed by atoms with van der Waals surface area (Å²) in [4.78, 5) is 19.1. The highest BCUT2D eigenvalue weighted by atomic mass is 16.2. The van der Waals surface area contributed by atoms with Gasteiger partial charge in [-0.05, 0) is 43.7 Å². The average Bonchev–Trinajstić information content (AvgIpc) is 3.12. The zero-order valence-electron chi connectivity index (χ0n) is 11.4. The van der Waals surface area contributed by atoms with Gasteiger partial charge in [0, 0.05) is 18.8 Å². The molecule has 0 radical (unpaired) electrons. The predicted octanol–water partition coefficient (Wildman–Crippen LogP) is 2.36. The molecule has 0 spiro atoms. The van der Waals surface area contributed by atoms with Gasteiger partial charge in [0.05, 0.1) is 5.39 Å². The number of carbonyl (C=O) groups excluding carboxylic acids is 1. The molecule has 5 heteroatoms. The smallest absolute Gasteiger partial charge is 0.272 e. The SMILES string of the molecule is O=C(c1[nH]nc2ncccc12)N1CCCC2CCCC21. The van der Waals surface area contributed by atoms with Crippen LogP contribution in [0.15, 0.2) is 18.3 Å². The van der Waals surface area contributed by atoms with Crippen molar-refractivity contribution in [1.29, 1.82) is 0 Å². The molecule has 1 aliphatic heterocycles. The normalized spacial score (nSPS) is 25.9. The maximum Gasteiger partial charge on any atom is 0.272 e. The summed E-state index contributed by atoms with van der Waals surface area (Å²) in [5.41, 5.74) is 1.22. The molecule has 2 aromatic heterocycles. The summed E-state index contributed by atoms with van der Waals surface area (Å²) < 4.78 is 0. The maximum atomic E-state index is 12.8. The molecule has 1 N–H and O–H groups in total. The Kier molecular flexibility index (Phi) is 2.72. The van der Waals surface area contributed by atoms with E-state index in [2.05, 4.69) is 20.1 Å². The van der Waals surface area contributed by atoms with E-state index in [0.29, 0.717) is 23.3 Å². The number of aromatic amines is 1. The van der Waals surface area contributed by atoms with Gasteiger partial charge >= 0.3 is 0 Å². The van der Waals surface area contributed by atoms with Crippen molar-refractivity contribution < 1.29 is 4.79 Å². The Balaban J connectivity index is 1.69. The third-order valence-corrected chi connectivity index (χ3v) is 4.80. The highest BCUT2D eigenvalue weighted by Crippen LogP contribution is 2.37. The van der Waals surface area contributed by atoms with E-state index in [1.54, 1.807) is 6.20 Å². The van der Waals surface area contributed by atoms with Gasteiger partial charge in [-0.25, -0.2) is 4.98 Å². The quantitative estimate of drug-likeness (QED) is 0.865. The van der Waals surface area contributed by atoms with E-state index < -0.39 is 0 Å². The van der Waals surface area contributed by atoms with Crippen LogP contribution in [0.1, 0.15) is 42.6 Å². The van der Waals surface area contributed by atoms with Crippen LogP contribution in [0, 0.1) is 5.92 Å². The molecule has 20 heavy (non-hydrogen) atoms. The molecular weight excluding hydrogens is 252 g/mol. The Bertz CT molecular complexity index is 650. The second-order valence-electron chi connectivity index (χ2n) is 5.87.